The van der Waals surface area contributed by atoms with E-state index in [1.165, 1.54) is 28.6 Å². The van der Waals surface area contributed by atoms with Crippen LogP contribution in [0, 0.1) is 5.92 Å². The highest BCUT2D eigenvalue weighted by Crippen LogP contribution is 2.21. The summed E-state index contributed by atoms with van der Waals surface area (Å²) in [5.74, 6) is -0.0665. The van der Waals surface area contributed by atoms with Crippen molar-refractivity contribution < 1.29 is 32.9 Å². The lowest BCUT2D eigenvalue weighted by molar-refractivity contribution is -0.0136. The molecule has 3 rings (SSSR count). The van der Waals surface area contributed by atoms with Gasteiger partial charge in [-0.25, -0.2) is 13.2 Å². The highest BCUT2D eigenvalue weighted by Gasteiger charge is 2.31. The van der Waals surface area contributed by atoms with Gasteiger partial charge < -0.3 is 30.3 Å². The van der Waals surface area contributed by atoms with Crippen molar-refractivity contribution in [3.05, 3.63) is 60.2 Å². The zero-order valence-electron chi connectivity index (χ0n) is 21.2. The van der Waals surface area contributed by atoms with Crippen molar-refractivity contribution in [1.29, 1.82) is 0 Å². The molecule has 0 spiro atoms. The summed E-state index contributed by atoms with van der Waals surface area (Å²) in [5.41, 5.74) is 0.864. The van der Waals surface area contributed by atoms with E-state index in [0.717, 1.165) is 12.1 Å². The molecule has 0 aromatic heterocycles. The van der Waals surface area contributed by atoms with Crippen molar-refractivity contribution in [1.82, 2.24) is 14.9 Å². The molecule has 0 bridgehead atoms. The summed E-state index contributed by atoms with van der Waals surface area (Å²) in [6.45, 7) is 5.59. The molecule has 0 radical (unpaired) electrons. The van der Waals surface area contributed by atoms with Crippen LogP contribution in [-0.2, 0) is 25.9 Å². The molecule has 1 fully saturated rings. The van der Waals surface area contributed by atoms with Gasteiger partial charge >= 0.3 is 6.09 Å². The summed E-state index contributed by atoms with van der Waals surface area (Å²) in [6, 6.07) is 13.7. The van der Waals surface area contributed by atoms with E-state index in [1.807, 2.05) is 44.2 Å². The van der Waals surface area contributed by atoms with Crippen LogP contribution in [0.2, 0.25) is 0 Å². The Morgan fingerprint density at radius 2 is 1.86 bits per heavy atom. The molecule has 1 saturated heterocycles. The van der Waals surface area contributed by atoms with Gasteiger partial charge in [-0.1, -0.05) is 44.2 Å². The van der Waals surface area contributed by atoms with E-state index in [1.54, 1.807) is 0 Å². The van der Waals surface area contributed by atoms with Gasteiger partial charge in [0.25, 0.3) is 0 Å². The number of aromatic hydroxyl groups is 1. The summed E-state index contributed by atoms with van der Waals surface area (Å²) >= 11 is 0. The van der Waals surface area contributed by atoms with Crippen molar-refractivity contribution in [3.8, 4) is 5.75 Å². The molecule has 1 heterocycles. The van der Waals surface area contributed by atoms with Gasteiger partial charge in [0.05, 0.1) is 23.6 Å². The van der Waals surface area contributed by atoms with Gasteiger partial charge in [-0.3, -0.25) is 0 Å². The van der Waals surface area contributed by atoms with Crippen LogP contribution in [-0.4, -0.2) is 86.7 Å². The summed E-state index contributed by atoms with van der Waals surface area (Å²) in [5, 5.41) is 26.7. The number of aliphatic hydroxyl groups is 1. The Balaban J connectivity index is 1.75. The quantitative estimate of drug-likeness (QED) is 0.323. The maximum Gasteiger partial charge on any atom is 0.407 e. The number of hydrogen-bond donors (Lipinski definition) is 4. The van der Waals surface area contributed by atoms with Crippen LogP contribution in [0.5, 0.6) is 5.75 Å². The first-order valence-electron chi connectivity index (χ1n) is 12.4. The number of alkyl carbamates (subject to hydrolysis) is 1. The molecule has 1 amide bonds. The van der Waals surface area contributed by atoms with Crippen molar-refractivity contribution in [2.45, 2.75) is 43.4 Å². The maximum atomic E-state index is 13.4. The Hall–Kier alpha value is -2.70. The van der Waals surface area contributed by atoms with Crippen LogP contribution in [0.25, 0.3) is 0 Å². The second-order valence-corrected chi connectivity index (χ2v) is 11.5. The smallest absolute Gasteiger partial charge is 0.407 e. The van der Waals surface area contributed by atoms with Crippen LogP contribution in [0.1, 0.15) is 19.4 Å². The number of sulfonamides is 1. The standard InChI is InChI=1S/C26H37N3O7S/c1-19(2)16-29(37(33,34)23-10-8-21(30)9-11-23)17-25(31)24(14-20-6-4-3-5-7-20)28-26(32)36-18-22-15-27-12-13-35-22/h3-11,19,22,24-25,27,30-31H,12-18H2,1-2H3,(H,28,32)/t22-,24+,25-/m1/s1. The number of phenols is 1. The molecule has 4 N–H and O–H groups in total. The molecule has 2 aromatic rings. The lowest BCUT2D eigenvalue weighted by Crippen LogP contribution is -2.51. The summed E-state index contributed by atoms with van der Waals surface area (Å²) < 4.78 is 38.9. The number of carbonyl (C=O) groups is 1. The summed E-state index contributed by atoms with van der Waals surface area (Å²) in [4.78, 5) is 12.6. The topological polar surface area (TPSA) is 137 Å². The molecule has 2 aromatic carbocycles. The zero-order valence-corrected chi connectivity index (χ0v) is 22.1. The van der Waals surface area contributed by atoms with Crippen LogP contribution >= 0.6 is 0 Å². The van der Waals surface area contributed by atoms with Crippen LogP contribution in [0.15, 0.2) is 59.5 Å². The highest BCUT2D eigenvalue weighted by atomic mass is 32.2. The predicted octanol–water partition coefficient (Wildman–Crippen LogP) is 1.73. The molecule has 10 nitrogen and oxygen atoms in total. The SMILES string of the molecule is CC(C)CN(C[C@@H](O)[C@H](Cc1ccccc1)NC(=O)OC[C@H]1CNCCO1)S(=O)(=O)c1ccc(O)cc1. The van der Waals surface area contributed by atoms with Gasteiger partial charge in [-0.2, -0.15) is 4.31 Å². The number of nitrogens with zero attached hydrogens (tertiary/aromatic N) is 1. The first-order valence-corrected chi connectivity index (χ1v) is 13.9. The van der Waals surface area contributed by atoms with Gasteiger partial charge in [0, 0.05) is 26.2 Å². The van der Waals surface area contributed by atoms with Crippen molar-refractivity contribution in [3.63, 3.8) is 0 Å². The number of phenolic OH excluding ortho intramolecular Hbond substituents is 1. The van der Waals surface area contributed by atoms with E-state index in [2.05, 4.69) is 10.6 Å². The molecule has 37 heavy (non-hydrogen) atoms. The number of hydrogen-bond acceptors (Lipinski definition) is 8. The summed E-state index contributed by atoms with van der Waals surface area (Å²) in [7, 11) is -3.97. The summed E-state index contributed by atoms with van der Waals surface area (Å²) in [6.07, 6.45) is -1.93. The number of morpholine rings is 1. The third-order valence-corrected chi connectivity index (χ3v) is 7.75. The Labute approximate surface area is 218 Å². The highest BCUT2D eigenvalue weighted by molar-refractivity contribution is 7.89. The van der Waals surface area contributed by atoms with Crippen LogP contribution in [0.3, 0.4) is 0 Å². The lowest BCUT2D eigenvalue weighted by Gasteiger charge is -2.31. The second-order valence-electron chi connectivity index (χ2n) is 9.51. The van der Waals surface area contributed by atoms with Crippen LogP contribution < -0.4 is 10.6 Å². The third kappa shape index (κ3) is 8.97. The minimum atomic E-state index is -3.97. The van der Waals surface area contributed by atoms with E-state index in [-0.39, 0.29) is 48.8 Å². The molecule has 1 aliphatic rings. The van der Waals surface area contributed by atoms with Crippen molar-refractivity contribution in [2.24, 2.45) is 5.92 Å². The Morgan fingerprint density at radius 3 is 2.49 bits per heavy atom. The molecule has 1 aliphatic heterocycles. The van der Waals surface area contributed by atoms with E-state index in [9.17, 15) is 23.4 Å². The van der Waals surface area contributed by atoms with E-state index in [4.69, 9.17) is 9.47 Å². The lowest BCUT2D eigenvalue weighted by atomic mass is 10.0. The molecule has 11 heteroatoms. The number of aliphatic hydroxyl groups excluding tert-OH is 1. The minimum Gasteiger partial charge on any atom is -0.508 e. The van der Waals surface area contributed by atoms with Crippen LogP contribution in [0.4, 0.5) is 4.79 Å². The normalized spacial score (nSPS) is 17.9. The third-order valence-electron chi connectivity index (χ3n) is 5.90. The Bertz CT molecular complexity index is 1080. The molecular formula is C26H37N3O7S. The number of benzene rings is 2. The fraction of sp³-hybridized carbons (Fsp3) is 0.500. The second kappa shape index (κ2) is 13.7. The molecule has 0 unspecified atom stereocenters. The molecule has 0 aliphatic carbocycles. The molecule has 204 valence electrons. The minimum absolute atomic E-state index is 0.00576. The van der Waals surface area contributed by atoms with Gasteiger partial charge in [0.1, 0.15) is 18.5 Å². The number of amides is 1. The van der Waals surface area contributed by atoms with E-state index >= 15 is 0 Å². The fourth-order valence-corrected chi connectivity index (χ4v) is 5.64. The number of rotatable bonds is 12. The van der Waals surface area contributed by atoms with Crippen molar-refractivity contribution in [2.75, 3.05) is 39.4 Å². The average Bonchev–Trinajstić information content (AvgIpc) is 2.88. The van der Waals surface area contributed by atoms with Gasteiger partial charge in [0.2, 0.25) is 10.0 Å². The largest absolute Gasteiger partial charge is 0.508 e. The number of nitrogens with one attached hydrogen (secondary N) is 2. The maximum absolute atomic E-state index is 13.4. The Morgan fingerprint density at radius 1 is 1.16 bits per heavy atom. The molecule has 0 saturated carbocycles. The van der Waals surface area contributed by atoms with Gasteiger partial charge in [-0.15, -0.1) is 0 Å². The predicted molar refractivity (Wildman–Crippen MR) is 139 cm³/mol. The monoisotopic (exact) mass is 535 g/mol. The van der Waals surface area contributed by atoms with E-state index < -0.39 is 28.3 Å². The van der Waals surface area contributed by atoms with Gasteiger partial charge in [-0.05, 0) is 42.2 Å². The van der Waals surface area contributed by atoms with E-state index in [0.29, 0.717) is 13.2 Å². The Kier molecular flexibility index (Phi) is 10.7. The number of carbonyl (C=O) groups excluding carboxylic acids is 1. The fourth-order valence-electron chi connectivity index (χ4n) is 4.02. The van der Waals surface area contributed by atoms with Crippen molar-refractivity contribution >= 4 is 16.1 Å². The first kappa shape index (κ1) is 28.9. The average molecular weight is 536 g/mol. The zero-order chi connectivity index (χ0) is 26.8. The molecular weight excluding hydrogens is 498 g/mol. The number of ether oxygens (including phenoxy) is 2. The molecule has 3 atom stereocenters. The van der Waals surface area contributed by atoms with Gasteiger partial charge in [0.15, 0.2) is 0 Å². The first-order chi connectivity index (χ1) is 17.6.